The lowest BCUT2D eigenvalue weighted by Crippen LogP contribution is -2.29. The molecule has 1 aromatic carbocycles. The highest BCUT2D eigenvalue weighted by molar-refractivity contribution is 5.80. The Kier molecular flexibility index (Phi) is 3.00. The molecule has 0 spiro atoms. The van der Waals surface area contributed by atoms with E-state index in [4.69, 9.17) is 11.0 Å². The Morgan fingerprint density at radius 1 is 1.39 bits per heavy atom. The van der Waals surface area contributed by atoms with Crippen LogP contribution in [-0.2, 0) is 5.54 Å². The molecule has 2 rings (SSSR count). The van der Waals surface area contributed by atoms with Gasteiger partial charge >= 0.3 is 0 Å². The third-order valence-corrected chi connectivity index (χ3v) is 3.87. The summed E-state index contributed by atoms with van der Waals surface area (Å²) >= 11 is 0. The molecule has 18 heavy (non-hydrogen) atoms. The Morgan fingerprint density at radius 3 is 2.61 bits per heavy atom. The lowest BCUT2D eigenvalue weighted by Gasteiger charge is -2.30. The van der Waals surface area contributed by atoms with E-state index in [1.807, 2.05) is 12.1 Å². The number of hydrogen-bond acceptors (Lipinski definition) is 3. The van der Waals surface area contributed by atoms with Gasteiger partial charge in [-0.05, 0) is 38.0 Å². The average Bonchev–Trinajstić information content (AvgIpc) is 2.73. The maximum absolute atomic E-state index is 9.00. The number of aromatic nitrogens is 2. The van der Waals surface area contributed by atoms with Crippen LogP contribution in [0.5, 0.6) is 0 Å². The van der Waals surface area contributed by atoms with Crippen molar-refractivity contribution in [3.05, 3.63) is 23.8 Å². The van der Waals surface area contributed by atoms with Gasteiger partial charge < -0.3 is 10.3 Å². The summed E-state index contributed by atoms with van der Waals surface area (Å²) in [4.78, 5) is 4.38. The molecule has 0 amide bonds. The summed E-state index contributed by atoms with van der Waals surface area (Å²) in [7, 11) is 0. The Morgan fingerprint density at radius 2 is 2.06 bits per heavy atom. The van der Waals surface area contributed by atoms with Crippen LogP contribution in [-0.4, -0.2) is 9.55 Å². The maximum atomic E-state index is 9.00. The largest absolute Gasteiger partial charge is 0.369 e. The first kappa shape index (κ1) is 12.4. The highest BCUT2D eigenvalue weighted by Gasteiger charge is 2.26. The van der Waals surface area contributed by atoms with Crippen LogP contribution in [0.4, 0.5) is 5.95 Å². The number of nitrogens with two attached hydrogens (primary N) is 1. The minimum Gasteiger partial charge on any atom is -0.369 e. The fourth-order valence-corrected chi connectivity index (χ4v) is 2.30. The molecule has 2 N–H and O–H groups in total. The summed E-state index contributed by atoms with van der Waals surface area (Å²) in [6.45, 7) is 6.45. The number of fused-ring (bicyclic) bond motifs is 1. The van der Waals surface area contributed by atoms with Gasteiger partial charge in [0.05, 0.1) is 22.7 Å². The molecule has 0 saturated carbocycles. The molecule has 0 unspecified atom stereocenters. The van der Waals surface area contributed by atoms with Crippen molar-refractivity contribution in [2.24, 2.45) is 0 Å². The van der Waals surface area contributed by atoms with Gasteiger partial charge in [0.1, 0.15) is 0 Å². The van der Waals surface area contributed by atoms with E-state index >= 15 is 0 Å². The second-order valence-corrected chi connectivity index (χ2v) is 4.82. The van der Waals surface area contributed by atoms with Gasteiger partial charge in [-0.2, -0.15) is 5.26 Å². The van der Waals surface area contributed by atoms with E-state index in [2.05, 4.69) is 36.4 Å². The van der Waals surface area contributed by atoms with Crippen molar-refractivity contribution in [2.45, 2.75) is 39.2 Å². The van der Waals surface area contributed by atoms with Crippen LogP contribution in [0.3, 0.4) is 0 Å². The molecule has 0 saturated heterocycles. The minimum absolute atomic E-state index is 0.0626. The zero-order valence-corrected chi connectivity index (χ0v) is 11.1. The number of rotatable bonds is 3. The third-order valence-electron chi connectivity index (χ3n) is 3.87. The van der Waals surface area contributed by atoms with E-state index in [0.717, 1.165) is 23.9 Å². The second kappa shape index (κ2) is 4.34. The van der Waals surface area contributed by atoms with Crippen LogP contribution in [0.25, 0.3) is 11.0 Å². The van der Waals surface area contributed by atoms with Gasteiger partial charge in [-0.1, -0.05) is 13.8 Å². The summed E-state index contributed by atoms with van der Waals surface area (Å²) in [5.41, 5.74) is 8.41. The molecule has 1 heterocycles. The van der Waals surface area contributed by atoms with Crippen molar-refractivity contribution in [1.29, 1.82) is 5.26 Å². The van der Waals surface area contributed by atoms with Crippen molar-refractivity contribution >= 4 is 17.0 Å². The average molecular weight is 242 g/mol. The molecule has 0 atom stereocenters. The van der Waals surface area contributed by atoms with Gasteiger partial charge in [-0.15, -0.1) is 0 Å². The summed E-state index contributed by atoms with van der Waals surface area (Å²) in [6.07, 6.45) is 1.94. The monoisotopic (exact) mass is 242 g/mol. The second-order valence-electron chi connectivity index (χ2n) is 4.82. The van der Waals surface area contributed by atoms with E-state index in [-0.39, 0.29) is 5.54 Å². The highest BCUT2D eigenvalue weighted by Crippen LogP contribution is 2.32. The van der Waals surface area contributed by atoms with E-state index in [9.17, 15) is 0 Å². The molecule has 0 fully saturated rings. The highest BCUT2D eigenvalue weighted by atomic mass is 15.2. The summed E-state index contributed by atoms with van der Waals surface area (Å²) in [5.74, 6) is 0.520. The van der Waals surface area contributed by atoms with Crippen molar-refractivity contribution < 1.29 is 0 Å². The molecule has 0 aliphatic heterocycles. The Labute approximate surface area is 107 Å². The Balaban J connectivity index is 2.77. The number of hydrogen-bond donors (Lipinski definition) is 1. The van der Waals surface area contributed by atoms with Gasteiger partial charge in [0.2, 0.25) is 5.95 Å². The van der Waals surface area contributed by atoms with Crippen LogP contribution in [0, 0.1) is 11.3 Å². The number of nitriles is 1. The van der Waals surface area contributed by atoms with Gasteiger partial charge in [0.25, 0.3) is 0 Å². The standard InChI is InChI=1S/C14H18N4/c1-4-14(3,5-2)18-12-8-10(9-15)6-7-11(12)17-13(18)16/h6-8H,4-5H2,1-3H3,(H2,16,17). The van der Waals surface area contributed by atoms with Crippen LogP contribution < -0.4 is 5.73 Å². The molecule has 1 aromatic heterocycles. The van der Waals surface area contributed by atoms with Crippen molar-refractivity contribution in [3.8, 4) is 6.07 Å². The van der Waals surface area contributed by atoms with Gasteiger partial charge in [0, 0.05) is 5.54 Å². The van der Waals surface area contributed by atoms with Crippen molar-refractivity contribution in [3.63, 3.8) is 0 Å². The molecule has 4 heteroatoms. The Bertz CT molecular complexity index is 614. The van der Waals surface area contributed by atoms with Crippen LogP contribution in [0.1, 0.15) is 39.2 Å². The summed E-state index contributed by atoms with van der Waals surface area (Å²) in [5, 5.41) is 9.00. The molecule has 2 aromatic rings. The van der Waals surface area contributed by atoms with Crippen LogP contribution >= 0.6 is 0 Å². The number of nitrogen functional groups attached to an aromatic ring is 1. The fraction of sp³-hybridized carbons (Fsp3) is 0.429. The molecule has 0 bridgehead atoms. The van der Waals surface area contributed by atoms with Gasteiger partial charge in [0.15, 0.2) is 0 Å². The fourth-order valence-electron chi connectivity index (χ4n) is 2.30. The lowest BCUT2D eigenvalue weighted by atomic mass is 9.95. The molecule has 4 nitrogen and oxygen atoms in total. The van der Waals surface area contributed by atoms with Gasteiger partial charge in [-0.3, -0.25) is 0 Å². The molecule has 0 aliphatic carbocycles. The molecular weight excluding hydrogens is 224 g/mol. The summed E-state index contributed by atoms with van der Waals surface area (Å²) in [6, 6.07) is 7.65. The van der Waals surface area contributed by atoms with E-state index in [0.29, 0.717) is 11.5 Å². The van der Waals surface area contributed by atoms with Crippen LogP contribution in [0.2, 0.25) is 0 Å². The molecular formula is C14H18N4. The summed E-state index contributed by atoms with van der Waals surface area (Å²) < 4.78 is 2.06. The zero-order chi connectivity index (χ0) is 13.3. The number of anilines is 1. The number of imidazole rings is 1. The van der Waals surface area contributed by atoms with Crippen LogP contribution in [0.15, 0.2) is 18.2 Å². The SMILES string of the molecule is CCC(C)(CC)n1c(N)nc2ccc(C#N)cc21. The predicted molar refractivity (Wildman–Crippen MR) is 73.1 cm³/mol. The Hall–Kier alpha value is -2.02. The first-order valence-corrected chi connectivity index (χ1v) is 6.24. The number of benzene rings is 1. The third kappa shape index (κ3) is 1.72. The van der Waals surface area contributed by atoms with E-state index in [1.165, 1.54) is 0 Å². The quantitative estimate of drug-likeness (QED) is 0.899. The van der Waals surface area contributed by atoms with Crippen molar-refractivity contribution in [2.75, 3.05) is 5.73 Å². The smallest absolute Gasteiger partial charge is 0.201 e. The van der Waals surface area contributed by atoms with E-state index < -0.39 is 0 Å². The van der Waals surface area contributed by atoms with Gasteiger partial charge in [-0.25, -0.2) is 4.98 Å². The lowest BCUT2D eigenvalue weighted by molar-refractivity contribution is 0.307. The zero-order valence-electron chi connectivity index (χ0n) is 11.1. The minimum atomic E-state index is -0.0626. The van der Waals surface area contributed by atoms with Crippen molar-refractivity contribution in [1.82, 2.24) is 9.55 Å². The predicted octanol–water partition coefficient (Wildman–Crippen LogP) is 3.03. The molecule has 0 aliphatic rings. The molecule has 94 valence electrons. The molecule has 0 radical (unpaired) electrons. The first-order chi connectivity index (χ1) is 8.55. The van der Waals surface area contributed by atoms with E-state index in [1.54, 1.807) is 6.07 Å². The number of nitrogens with zero attached hydrogens (tertiary/aromatic N) is 3. The maximum Gasteiger partial charge on any atom is 0.201 e. The topological polar surface area (TPSA) is 67.6 Å². The normalized spacial score (nSPS) is 11.7. The first-order valence-electron chi connectivity index (χ1n) is 6.24.